The molecule has 0 radical (unpaired) electrons. The van der Waals surface area contributed by atoms with Crippen molar-refractivity contribution >= 4 is 11.9 Å². The second kappa shape index (κ2) is 7.67. The second-order valence-corrected chi connectivity index (χ2v) is 9.20. The minimum Gasteiger partial charge on any atom is -0.481 e. The molecule has 134 valence electrons. The van der Waals surface area contributed by atoms with Crippen LogP contribution in [0.4, 0.5) is 0 Å². The van der Waals surface area contributed by atoms with Crippen molar-refractivity contribution in [1.82, 2.24) is 4.90 Å². The highest BCUT2D eigenvalue weighted by molar-refractivity contribution is 5.80. The standard InChI is InChI=1S/C19H35NO3/c1-7-19(5,6)11-15-13-20(16(21)8-9-17(22)23)12-14(15)10-18(2,3)4/h14-15H,7-13H2,1-6H3,(H,22,23). The zero-order valence-corrected chi connectivity index (χ0v) is 15.8. The number of carboxylic acid groups (broad SMARTS) is 1. The van der Waals surface area contributed by atoms with Crippen LogP contribution in [0, 0.1) is 22.7 Å². The third-order valence-electron chi connectivity index (χ3n) is 5.13. The van der Waals surface area contributed by atoms with Crippen LogP contribution in [0.15, 0.2) is 0 Å². The van der Waals surface area contributed by atoms with Crippen LogP contribution in [0.5, 0.6) is 0 Å². The van der Waals surface area contributed by atoms with Crippen molar-refractivity contribution in [3.63, 3.8) is 0 Å². The molecule has 2 unspecified atom stereocenters. The quantitative estimate of drug-likeness (QED) is 0.763. The zero-order valence-electron chi connectivity index (χ0n) is 15.8. The Balaban J connectivity index is 2.76. The molecule has 0 bridgehead atoms. The molecule has 2 atom stereocenters. The van der Waals surface area contributed by atoms with Crippen LogP contribution in [-0.2, 0) is 9.59 Å². The normalized spacial score (nSPS) is 22.4. The molecule has 0 spiro atoms. The number of amides is 1. The first-order valence-electron chi connectivity index (χ1n) is 8.93. The average Bonchev–Trinajstić information content (AvgIpc) is 2.76. The van der Waals surface area contributed by atoms with E-state index in [0.717, 1.165) is 32.4 Å². The lowest BCUT2D eigenvalue weighted by atomic mass is 9.73. The summed E-state index contributed by atoms with van der Waals surface area (Å²) < 4.78 is 0. The number of carbonyl (C=O) groups is 2. The van der Waals surface area contributed by atoms with Crippen molar-refractivity contribution in [2.75, 3.05) is 13.1 Å². The van der Waals surface area contributed by atoms with Gasteiger partial charge in [0.25, 0.3) is 0 Å². The number of nitrogens with zero attached hydrogens (tertiary/aromatic N) is 1. The maximum absolute atomic E-state index is 12.3. The van der Waals surface area contributed by atoms with Crippen molar-refractivity contribution in [1.29, 1.82) is 0 Å². The highest BCUT2D eigenvalue weighted by Gasteiger charge is 2.39. The van der Waals surface area contributed by atoms with Crippen LogP contribution in [-0.4, -0.2) is 35.0 Å². The first-order chi connectivity index (χ1) is 10.4. The average molecular weight is 325 g/mol. The van der Waals surface area contributed by atoms with E-state index in [0.29, 0.717) is 17.3 Å². The van der Waals surface area contributed by atoms with Gasteiger partial charge < -0.3 is 10.0 Å². The van der Waals surface area contributed by atoms with Crippen LogP contribution >= 0.6 is 0 Å². The van der Waals surface area contributed by atoms with Crippen LogP contribution < -0.4 is 0 Å². The molecule has 0 aliphatic carbocycles. The molecule has 0 aromatic carbocycles. The first kappa shape index (κ1) is 20.0. The molecule has 1 saturated heterocycles. The van der Waals surface area contributed by atoms with Gasteiger partial charge in [-0.2, -0.15) is 0 Å². The van der Waals surface area contributed by atoms with Crippen LogP contribution in [0.1, 0.15) is 73.6 Å². The Morgan fingerprint density at radius 1 is 1.00 bits per heavy atom. The fraction of sp³-hybridized carbons (Fsp3) is 0.895. The van der Waals surface area contributed by atoms with Gasteiger partial charge in [-0.25, -0.2) is 0 Å². The first-order valence-corrected chi connectivity index (χ1v) is 8.93. The second-order valence-electron chi connectivity index (χ2n) is 9.20. The molecule has 1 rings (SSSR count). The van der Waals surface area contributed by atoms with E-state index in [4.69, 9.17) is 5.11 Å². The number of carbonyl (C=O) groups excluding carboxylic acids is 1. The molecular formula is C19H35NO3. The molecule has 1 aliphatic rings. The summed E-state index contributed by atoms with van der Waals surface area (Å²) in [5.41, 5.74) is 0.542. The van der Waals surface area contributed by atoms with Gasteiger partial charge in [0.05, 0.1) is 6.42 Å². The molecule has 0 aromatic heterocycles. The largest absolute Gasteiger partial charge is 0.481 e. The highest BCUT2D eigenvalue weighted by atomic mass is 16.4. The maximum atomic E-state index is 12.3. The monoisotopic (exact) mass is 325 g/mol. The minimum absolute atomic E-state index is 0.00288. The Morgan fingerprint density at radius 2 is 1.52 bits per heavy atom. The van der Waals surface area contributed by atoms with Crippen molar-refractivity contribution in [3.05, 3.63) is 0 Å². The van der Waals surface area contributed by atoms with Gasteiger partial charge in [-0.05, 0) is 35.5 Å². The van der Waals surface area contributed by atoms with Crippen LogP contribution in [0.2, 0.25) is 0 Å². The fourth-order valence-corrected chi connectivity index (χ4v) is 3.62. The summed E-state index contributed by atoms with van der Waals surface area (Å²) in [6.07, 6.45) is 3.44. The van der Waals surface area contributed by atoms with Gasteiger partial charge in [0.2, 0.25) is 5.91 Å². The third kappa shape index (κ3) is 6.92. The molecule has 1 N–H and O–H groups in total. The molecular weight excluding hydrogens is 290 g/mol. The molecule has 1 aliphatic heterocycles. The lowest BCUT2D eigenvalue weighted by Crippen LogP contribution is -2.29. The fourth-order valence-electron chi connectivity index (χ4n) is 3.62. The molecule has 1 fully saturated rings. The summed E-state index contributed by atoms with van der Waals surface area (Å²) in [7, 11) is 0. The van der Waals surface area contributed by atoms with E-state index in [1.165, 1.54) is 0 Å². The Kier molecular flexibility index (Phi) is 6.67. The van der Waals surface area contributed by atoms with E-state index in [1.54, 1.807) is 0 Å². The van der Waals surface area contributed by atoms with Gasteiger partial charge in [-0.3, -0.25) is 9.59 Å². The predicted octanol–water partition coefficient (Wildman–Crippen LogP) is 4.19. The number of carboxylic acids is 1. The lowest BCUT2D eigenvalue weighted by molar-refractivity contribution is -0.140. The van der Waals surface area contributed by atoms with Crippen LogP contribution in [0.3, 0.4) is 0 Å². The number of rotatable bonds is 7. The Hall–Kier alpha value is -1.06. The molecule has 0 aromatic rings. The van der Waals surface area contributed by atoms with Crippen molar-refractivity contribution in [2.24, 2.45) is 22.7 Å². The summed E-state index contributed by atoms with van der Waals surface area (Å²) >= 11 is 0. The Bertz CT molecular complexity index is 423. The Morgan fingerprint density at radius 3 is 1.96 bits per heavy atom. The Labute approximate surface area is 141 Å². The summed E-state index contributed by atoms with van der Waals surface area (Å²) in [6.45, 7) is 15.2. The van der Waals surface area contributed by atoms with E-state index < -0.39 is 5.97 Å². The van der Waals surface area contributed by atoms with Crippen molar-refractivity contribution < 1.29 is 14.7 Å². The topological polar surface area (TPSA) is 57.6 Å². The molecule has 4 heteroatoms. The van der Waals surface area contributed by atoms with Crippen molar-refractivity contribution in [3.8, 4) is 0 Å². The van der Waals surface area contributed by atoms with E-state index >= 15 is 0 Å². The van der Waals surface area contributed by atoms with E-state index in [2.05, 4.69) is 41.5 Å². The van der Waals surface area contributed by atoms with Gasteiger partial charge in [-0.1, -0.05) is 48.0 Å². The number of hydrogen-bond acceptors (Lipinski definition) is 2. The summed E-state index contributed by atoms with van der Waals surface area (Å²) in [6, 6.07) is 0. The summed E-state index contributed by atoms with van der Waals surface area (Å²) in [4.78, 5) is 24.9. The van der Waals surface area contributed by atoms with Gasteiger partial charge in [0.1, 0.15) is 0 Å². The number of hydrogen-bond donors (Lipinski definition) is 1. The van der Waals surface area contributed by atoms with E-state index in [-0.39, 0.29) is 24.2 Å². The van der Waals surface area contributed by atoms with Gasteiger partial charge >= 0.3 is 5.97 Å². The maximum Gasteiger partial charge on any atom is 0.303 e. The molecule has 1 amide bonds. The van der Waals surface area contributed by atoms with Gasteiger partial charge in [0, 0.05) is 19.5 Å². The molecule has 1 heterocycles. The van der Waals surface area contributed by atoms with Crippen molar-refractivity contribution in [2.45, 2.75) is 73.6 Å². The zero-order chi connectivity index (χ0) is 17.8. The predicted molar refractivity (Wildman–Crippen MR) is 93.2 cm³/mol. The lowest BCUT2D eigenvalue weighted by Gasteiger charge is -2.32. The molecule has 0 saturated carbocycles. The molecule has 4 nitrogen and oxygen atoms in total. The number of aliphatic carboxylic acids is 1. The third-order valence-corrected chi connectivity index (χ3v) is 5.13. The van der Waals surface area contributed by atoms with E-state index in [9.17, 15) is 9.59 Å². The molecule has 23 heavy (non-hydrogen) atoms. The summed E-state index contributed by atoms with van der Waals surface area (Å²) in [5.74, 6) is 0.156. The van der Waals surface area contributed by atoms with Gasteiger partial charge in [0.15, 0.2) is 0 Å². The van der Waals surface area contributed by atoms with Gasteiger partial charge in [-0.15, -0.1) is 0 Å². The smallest absolute Gasteiger partial charge is 0.303 e. The SMILES string of the molecule is CCC(C)(C)CC1CN(C(=O)CCC(=O)O)CC1CC(C)(C)C. The van der Waals surface area contributed by atoms with E-state index in [1.807, 2.05) is 4.90 Å². The highest BCUT2D eigenvalue weighted by Crippen LogP contribution is 2.41. The van der Waals surface area contributed by atoms with Crippen LogP contribution in [0.25, 0.3) is 0 Å². The summed E-state index contributed by atoms with van der Waals surface area (Å²) in [5, 5.41) is 8.78. The number of likely N-dealkylation sites (tertiary alicyclic amines) is 1. The minimum atomic E-state index is -0.896.